The zero-order valence-electron chi connectivity index (χ0n) is 24.3. The number of ether oxygens (including phenoxy) is 2. The number of aromatic nitrogens is 5. The lowest BCUT2D eigenvalue weighted by molar-refractivity contribution is -0.159. The zero-order chi connectivity index (χ0) is 30.3. The molecule has 1 N–H and O–H groups in total. The molecule has 1 unspecified atom stereocenters. The van der Waals surface area contributed by atoms with Crippen LogP contribution in [0.4, 0.5) is 14.6 Å². The van der Waals surface area contributed by atoms with Crippen LogP contribution in [0.15, 0.2) is 23.4 Å². The highest BCUT2D eigenvalue weighted by Gasteiger charge is 2.80. The number of rotatable bonds is 11. The van der Waals surface area contributed by atoms with Crippen molar-refractivity contribution in [3.05, 3.63) is 35.4 Å². The molecule has 43 heavy (non-hydrogen) atoms. The summed E-state index contributed by atoms with van der Waals surface area (Å²) in [6.45, 7) is 5.97. The van der Waals surface area contributed by atoms with E-state index in [4.69, 9.17) is 23.6 Å². The van der Waals surface area contributed by atoms with E-state index in [1.807, 2.05) is 18.5 Å². The smallest absolute Gasteiger partial charge is 0.264 e. The first kappa shape index (κ1) is 29.3. The number of nitrogens with zero attached hydrogens (tertiary/aromatic N) is 5. The van der Waals surface area contributed by atoms with Crippen LogP contribution in [0.5, 0.6) is 0 Å². The predicted molar refractivity (Wildman–Crippen MR) is 154 cm³/mol. The fourth-order valence-electron chi connectivity index (χ4n) is 7.14. The van der Waals surface area contributed by atoms with Crippen LogP contribution in [0.25, 0.3) is 11.2 Å². The fraction of sp³-hybridized carbons (Fsp3) is 0.643. The second-order valence-corrected chi connectivity index (χ2v) is 15.1. The van der Waals surface area contributed by atoms with Gasteiger partial charge in [0.15, 0.2) is 39.6 Å². The summed E-state index contributed by atoms with van der Waals surface area (Å²) >= 11 is 1.55. The highest BCUT2D eigenvalue weighted by molar-refractivity contribution is 7.99. The van der Waals surface area contributed by atoms with Gasteiger partial charge in [-0.2, -0.15) is 8.42 Å². The number of thioether (sulfide) groups is 1. The first-order valence-corrected chi connectivity index (χ1v) is 17.4. The minimum absolute atomic E-state index is 0.0122. The Labute approximate surface area is 252 Å². The van der Waals surface area contributed by atoms with Crippen LogP contribution in [-0.4, -0.2) is 75.5 Å². The van der Waals surface area contributed by atoms with Crippen molar-refractivity contribution in [2.24, 2.45) is 11.8 Å². The zero-order valence-corrected chi connectivity index (χ0v) is 25.9. The Morgan fingerprint density at radius 3 is 2.77 bits per heavy atom. The van der Waals surface area contributed by atoms with E-state index in [2.05, 4.69) is 22.6 Å². The molecule has 232 valence electrons. The monoisotopic (exact) mass is 636 g/mol. The number of nitrogens with one attached hydrogen (secondary N) is 1. The standard InChI is InChI=1S/C28H34F2N6O5S2/c1-5-10-42-26-32-24(31-20-12-15(20)14-6-7-18(29)19(30)11-14)22-25(33-26)36(35-34-22)21-13-17-16(8-9-39-43(4,37)38)28(17)23(21)40-27(2,3)41-28/h6-7,11,15-17,20-21,23H,5,8-10,12-13H2,1-4H3,(H,31,32,33)/t15-,16?,17+,20+,21+,23-,28+/m0/s1. The number of halogens is 2. The fourth-order valence-corrected chi connectivity index (χ4v) is 8.23. The predicted octanol–water partition coefficient (Wildman–Crippen LogP) is 4.42. The summed E-state index contributed by atoms with van der Waals surface area (Å²) < 4.78 is 70.2. The summed E-state index contributed by atoms with van der Waals surface area (Å²) in [5.41, 5.74) is 1.31. The van der Waals surface area contributed by atoms with Crippen molar-refractivity contribution in [3.63, 3.8) is 0 Å². The number of anilines is 1. The van der Waals surface area contributed by atoms with Gasteiger partial charge < -0.3 is 14.8 Å². The van der Waals surface area contributed by atoms with Gasteiger partial charge in [-0.25, -0.2) is 23.4 Å². The molecule has 3 saturated carbocycles. The molecule has 0 radical (unpaired) electrons. The summed E-state index contributed by atoms with van der Waals surface area (Å²) in [6, 6.07) is 3.83. The van der Waals surface area contributed by atoms with E-state index in [0.717, 1.165) is 36.5 Å². The maximum atomic E-state index is 13.9. The van der Waals surface area contributed by atoms with Gasteiger partial charge in [0.05, 0.1) is 18.9 Å². The number of hydrogen-bond donors (Lipinski definition) is 1. The molecule has 7 rings (SSSR count). The largest absolute Gasteiger partial charge is 0.365 e. The molecule has 1 aliphatic heterocycles. The lowest BCUT2D eigenvalue weighted by atomic mass is 10.0. The van der Waals surface area contributed by atoms with Gasteiger partial charge >= 0.3 is 0 Å². The Hall–Kier alpha value is -2.46. The highest BCUT2D eigenvalue weighted by Crippen LogP contribution is 2.72. The summed E-state index contributed by atoms with van der Waals surface area (Å²) in [6.07, 6.45) is 3.70. The molecule has 3 aromatic rings. The Morgan fingerprint density at radius 2 is 2.02 bits per heavy atom. The molecule has 0 bridgehead atoms. The molecule has 0 amide bonds. The van der Waals surface area contributed by atoms with Crippen LogP contribution >= 0.6 is 11.8 Å². The van der Waals surface area contributed by atoms with Gasteiger partial charge in [0.25, 0.3) is 10.1 Å². The summed E-state index contributed by atoms with van der Waals surface area (Å²) in [5.74, 6) is -0.836. The van der Waals surface area contributed by atoms with E-state index in [-0.39, 0.29) is 42.5 Å². The SMILES string of the molecule is CCCSc1nc(N[C@@H]2C[C@H]2c2ccc(F)c(F)c2)c2nnn([C@@H]3C[C@@H]4C(CCOS(C)(=O)=O)[C@@]45OC(C)(C)O[C@@H]35)c2n1. The third-order valence-corrected chi connectivity index (χ3v) is 10.6. The second kappa shape index (κ2) is 10.3. The molecule has 1 aromatic carbocycles. The van der Waals surface area contributed by atoms with Crippen LogP contribution in [0, 0.1) is 23.5 Å². The Balaban J connectivity index is 1.16. The second-order valence-electron chi connectivity index (χ2n) is 12.4. The van der Waals surface area contributed by atoms with E-state index in [1.54, 1.807) is 17.8 Å². The molecule has 7 atom stereocenters. The first-order chi connectivity index (χ1) is 20.4. The van der Waals surface area contributed by atoms with Gasteiger partial charge in [0.1, 0.15) is 11.7 Å². The Bertz CT molecular complexity index is 1690. The van der Waals surface area contributed by atoms with E-state index in [1.165, 1.54) is 6.07 Å². The van der Waals surface area contributed by atoms with Crippen LogP contribution in [0.3, 0.4) is 0 Å². The molecule has 3 heterocycles. The van der Waals surface area contributed by atoms with Crippen LogP contribution in [0.1, 0.15) is 64.0 Å². The van der Waals surface area contributed by atoms with Crippen molar-refractivity contribution in [1.82, 2.24) is 25.0 Å². The molecular formula is C28H34F2N6O5S2. The van der Waals surface area contributed by atoms with Crippen LogP contribution in [0.2, 0.25) is 0 Å². The Morgan fingerprint density at radius 1 is 1.21 bits per heavy atom. The third-order valence-electron chi connectivity index (χ3n) is 8.92. The molecule has 3 aliphatic carbocycles. The van der Waals surface area contributed by atoms with Crippen LogP contribution < -0.4 is 5.32 Å². The molecule has 15 heteroatoms. The van der Waals surface area contributed by atoms with Crippen molar-refractivity contribution in [2.45, 2.75) is 87.1 Å². The van der Waals surface area contributed by atoms with Crippen molar-refractivity contribution in [2.75, 3.05) is 23.9 Å². The molecular weight excluding hydrogens is 602 g/mol. The normalized spacial score (nSPS) is 32.1. The summed E-state index contributed by atoms with van der Waals surface area (Å²) in [4.78, 5) is 9.63. The van der Waals surface area contributed by atoms with Crippen molar-refractivity contribution >= 4 is 38.9 Å². The number of hydrogen-bond acceptors (Lipinski definition) is 11. The molecule has 4 fully saturated rings. The Kier molecular flexibility index (Phi) is 7.00. The average Bonchev–Trinajstić information content (AvgIpc) is 3.64. The maximum absolute atomic E-state index is 13.9. The molecule has 1 saturated heterocycles. The third kappa shape index (κ3) is 5.20. The van der Waals surface area contributed by atoms with Crippen molar-refractivity contribution < 1.29 is 30.9 Å². The van der Waals surface area contributed by atoms with Gasteiger partial charge in [-0.15, -0.1) is 5.10 Å². The highest BCUT2D eigenvalue weighted by atomic mass is 32.2. The summed E-state index contributed by atoms with van der Waals surface area (Å²) in [7, 11) is -3.52. The number of fused-ring (bicyclic) bond motifs is 1. The minimum Gasteiger partial charge on any atom is -0.365 e. The van der Waals surface area contributed by atoms with E-state index in [9.17, 15) is 17.2 Å². The topological polar surface area (TPSA) is 130 Å². The number of benzene rings is 1. The lowest BCUT2D eigenvalue weighted by Gasteiger charge is -2.24. The van der Waals surface area contributed by atoms with Crippen molar-refractivity contribution in [1.29, 1.82) is 0 Å². The first-order valence-electron chi connectivity index (χ1n) is 14.6. The lowest BCUT2D eigenvalue weighted by Crippen LogP contribution is -2.33. The minimum atomic E-state index is -3.52. The molecule has 4 aliphatic rings. The molecule has 1 spiro atoms. The maximum Gasteiger partial charge on any atom is 0.264 e. The van der Waals surface area contributed by atoms with E-state index < -0.39 is 33.1 Å². The van der Waals surface area contributed by atoms with E-state index >= 15 is 0 Å². The van der Waals surface area contributed by atoms with Gasteiger partial charge in [-0.3, -0.25) is 4.18 Å². The van der Waals surface area contributed by atoms with E-state index in [0.29, 0.717) is 35.0 Å². The summed E-state index contributed by atoms with van der Waals surface area (Å²) in [5, 5.41) is 13.1. The quantitative estimate of drug-likeness (QED) is 0.182. The van der Waals surface area contributed by atoms with Gasteiger partial charge in [-0.05, 0) is 69.1 Å². The van der Waals surface area contributed by atoms with Gasteiger partial charge in [0.2, 0.25) is 0 Å². The molecule has 11 nitrogen and oxygen atoms in total. The molecule has 2 aromatic heterocycles. The van der Waals surface area contributed by atoms with Gasteiger partial charge in [0, 0.05) is 17.7 Å². The average molecular weight is 637 g/mol. The van der Waals surface area contributed by atoms with Gasteiger partial charge in [-0.1, -0.05) is 30.0 Å². The van der Waals surface area contributed by atoms with Crippen LogP contribution in [-0.2, 0) is 23.8 Å². The van der Waals surface area contributed by atoms with Crippen molar-refractivity contribution in [3.8, 4) is 0 Å².